The molecule has 14 nitrogen and oxygen atoms in total. The van der Waals surface area contributed by atoms with Crippen molar-refractivity contribution in [3.05, 3.63) is 81.9 Å². The number of hydrogen-bond donors (Lipinski definition) is 2. The summed E-state index contributed by atoms with van der Waals surface area (Å²) < 4.78 is 32.5. The van der Waals surface area contributed by atoms with E-state index in [1.807, 2.05) is 24.3 Å². The molecule has 14 heteroatoms. The fourth-order valence-corrected chi connectivity index (χ4v) is 6.70. The van der Waals surface area contributed by atoms with Crippen LogP contribution in [-0.4, -0.2) is 102 Å². The molecule has 6 rings (SSSR count). The molecule has 2 aliphatic heterocycles. The quantitative estimate of drug-likeness (QED) is 0.129. The molecule has 2 N–H and O–H groups in total. The summed E-state index contributed by atoms with van der Waals surface area (Å²) in [4.78, 5) is 57.2. The van der Waals surface area contributed by atoms with Gasteiger partial charge < -0.3 is 39.1 Å². The Labute approximate surface area is 300 Å². The second kappa shape index (κ2) is 15.2. The Hall–Kier alpha value is -5.86. The minimum atomic E-state index is -0.492. The number of ether oxygens (including phenoxy) is 6. The Kier molecular flexibility index (Phi) is 10.5. The normalized spacial score (nSPS) is 13.5. The van der Waals surface area contributed by atoms with Crippen LogP contribution in [0.3, 0.4) is 0 Å². The molecular formula is C38H40N4O10. The Morgan fingerprint density at radius 3 is 1.00 bits per heavy atom. The third kappa shape index (κ3) is 6.31. The Balaban J connectivity index is 1.13. The second-order valence-electron chi connectivity index (χ2n) is 12.0. The van der Waals surface area contributed by atoms with Gasteiger partial charge in [0.25, 0.3) is 23.6 Å². The summed E-state index contributed by atoms with van der Waals surface area (Å²) in [5.41, 5.74) is 2.77. The third-order valence-corrected chi connectivity index (χ3v) is 9.19. The molecule has 0 bridgehead atoms. The lowest BCUT2D eigenvalue weighted by molar-refractivity contribution is 0.0590. The monoisotopic (exact) mass is 712 g/mol. The van der Waals surface area contributed by atoms with E-state index in [1.54, 1.807) is 24.3 Å². The number of nitrogens with one attached hydrogen (secondary N) is 2. The Bertz CT molecular complexity index is 1810. The van der Waals surface area contributed by atoms with Crippen LogP contribution in [0.25, 0.3) is 10.8 Å². The third-order valence-electron chi connectivity index (χ3n) is 9.19. The van der Waals surface area contributed by atoms with E-state index in [-0.39, 0.29) is 35.3 Å². The molecule has 4 aromatic carbocycles. The smallest absolute Gasteiger partial charge is 0.261 e. The molecule has 272 valence electrons. The predicted molar refractivity (Wildman–Crippen MR) is 190 cm³/mol. The summed E-state index contributed by atoms with van der Waals surface area (Å²) in [5.74, 6) is 1.05. The van der Waals surface area contributed by atoms with Crippen LogP contribution in [0.1, 0.15) is 52.6 Å². The maximum atomic E-state index is 13.7. The van der Waals surface area contributed by atoms with Crippen LogP contribution >= 0.6 is 0 Å². The van der Waals surface area contributed by atoms with Crippen molar-refractivity contribution in [2.75, 3.05) is 68.8 Å². The number of nitrogens with zero attached hydrogens (tertiary/aromatic N) is 2. The van der Waals surface area contributed by atoms with Crippen molar-refractivity contribution in [2.45, 2.75) is 13.1 Å². The number of amides is 4. The van der Waals surface area contributed by atoms with Crippen molar-refractivity contribution in [1.29, 1.82) is 0 Å². The van der Waals surface area contributed by atoms with Crippen LogP contribution in [0.15, 0.2) is 48.5 Å². The number of carbonyl (C=O) groups excluding carboxylic acids is 4. The number of hydrogen-bond acceptors (Lipinski definition) is 12. The lowest BCUT2D eigenvalue weighted by atomic mass is 9.86. The van der Waals surface area contributed by atoms with Crippen molar-refractivity contribution in [2.24, 2.45) is 0 Å². The Morgan fingerprint density at radius 1 is 0.462 bits per heavy atom. The lowest BCUT2D eigenvalue weighted by Crippen LogP contribution is -2.46. The number of imide groups is 2. The average molecular weight is 713 g/mol. The Morgan fingerprint density at radius 2 is 0.750 bits per heavy atom. The zero-order chi connectivity index (χ0) is 37.1. The number of carbonyl (C=O) groups is 4. The van der Waals surface area contributed by atoms with Gasteiger partial charge in [0, 0.05) is 72.3 Å². The molecule has 4 amide bonds. The molecule has 2 heterocycles. The first kappa shape index (κ1) is 35.9. The van der Waals surface area contributed by atoms with Crippen LogP contribution in [-0.2, 0) is 13.1 Å². The molecule has 0 saturated heterocycles. The van der Waals surface area contributed by atoms with Gasteiger partial charge in [0.1, 0.15) is 0 Å². The molecular weight excluding hydrogens is 672 g/mol. The fourth-order valence-electron chi connectivity index (χ4n) is 6.70. The fraction of sp³-hybridized carbons (Fsp3) is 0.316. The summed E-state index contributed by atoms with van der Waals surface area (Å²) in [7, 11) is 9.22. The summed E-state index contributed by atoms with van der Waals surface area (Å²) in [5, 5.41) is 7.18. The van der Waals surface area contributed by atoms with Crippen LogP contribution in [0, 0.1) is 0 Å². The highest BCUT2D eigenvalue weighted by Crippen LogP contribution is 2.40. The van der Waals surface area contributed by atoms with Crippen molar-refractivity contribution < 1.29 is 47.6 Å². The van der Waals surface area contributed by atoms with Gasteiger partial charge in [0.2, 0.25) is 11.5 Å². The minimum absolute atomic E-state index is 0.0985. The molecule has 4 aromatic rings. The predicted octanol–water partition coefficient (Wildman–Crippen LogP) is 3.66. The van der Waals surface area contributed by atoms with Gasteiger partial charge in [-0.15, -0.1) is 0 Å². The topological polar surface area (TPSA) is 154 Å². The first-order chi connectivity index (χ1) is 25.2. The lowest BCUT2D eigenvalue weighted by Gasteiger charge is -2.32. The number of rotatable bonds is 16. The maximum absolute atomic E-state index is 13.7. The van der Waals surface area contributed by atoms with Crippen LogP contribution < -0.4 is 39.1 Å². The second-order valence-corrected chi connectivity index (χ2v) is 12.0. The zero-order valence-corrected chi connectivity index (χ0v) is 29.8. The molecule has 2 aliphatic rings. The van der Waals surface area contributed by atoms with Crippen molar-refractivity contribution in [3.8, 4) is 34.5 Å². The van der Waals surface area contributed by atoms with Crippen molar-refractivity contribution >= 4 is 34.4 Å². The maximum Gasteiger partial charge on any atom is 0.261 e. The highest BCUT2D eigenvalue weighted by molar-refractivity contribution is 6.33. The van der Waals surface area contributed by atoms with Gasteiger partial charge >= 0.3 is 0 Å². The van der Waals surface area contributed by atoms with Crippen LogP contribution in [0.5, 0.6) is 34.5 Å². The van der Waals surface area contributed by atoms with Gasteiger partial charge in [-0.25, -0.2) is 0 Å². The summed E-state index contributed by atoms with van der Waals surface area (Å²) in [6, 6.07) is 13.5. The number of methoxy groups -OCH3 is 6. The van der Waals surface area contributed by atoms with Gasteiger partial charge in [0.05, 0.1) is 42.7 Å². The van der Waals surface area contributed by atoms with E-state index in [4.69, 9.17) is 28.4 Å². The molecule has 52 heavy (non-hydrogen) atoms. The number of benzene rings is 4. The first-order valence-electron chi connectivity index (χ1n) is 16.5. The molecule has 0 spiro atoms. The molecule has 0 aliphatic carbocycles. The van der Waals surface area contributed by atoms with Gasteiger partial charge in [-0.2, -0.15) is 0 Å². The van der Waals surface area contributed by atoms with Gasteiger partial charge in [-0.05, 0) is 59.7 Å². The van der Waals surface area contributed by atoms with E-state index >= 15 is 0 Å². The first-order valence-corrected chi connectivity index (χ1v) is 16.5. The van der Waals surface area contributed by atoms with Gasteiger partial charge in [-0.3, -0.25) is 29.0 Å². The van der Waals surface area contributed by atoms with E-state index in [9.17, 15) is 19.2 Å². The zero-order valence-electron chi connectivity index (χ0n) is 29.8. The SMILES string of the molecule is COc1cc(CNCCN2C(=O)c3ccc4c5c(ccc(c35)C2=O)C(=O)N(CCNCc2cc(OC)c(OC)c(OC)c2)C4=O)cc(OC)c1OC. The summed E-state index contributed by atoms with van der Waals surface area (Å²) in [6.45, 7) is 1.63. The van der Waals surface area contributed by atoms with Crippen molar-refractivity contribution in [3.63, 3.8) is 0 Å². The van der Waals surface area contributed by atoms with E-state index in [1.165, 1.54) is 52.5 Å². The van der Waals surface area contributed by atoms with E-state index in [2.05, 4.69) is 10.6 Å². The van der Waals surface area contributed by atoms with E-state index in [0.717, 1.165) is 11.1 Å². The van der Waals surface area contributed by atoms with Gasteiger partial charge in [0.15, 0.2) is 23.0 Å². The molecule has 0 saturated carbocycles. The molecule has 0 aromatic heterocycles. The molecule has 0 fully saturated rings. The van der Waals surface area contributed by atoms with E-state index < -0.39 is 23.6 Å². The highest BCUT2D eigenvalue weighted by atomic mass is 16.5. The van der Waals surface area contributed by atoms with Crippen LogP contribution in [0.4, 0.5) is 0 Å². The van der Waals surface area contributed by atoms with E-state index in [0.29, 0.717) is 71.4 Å². The van der Waals surface area contributed by atoms with Crippen LogP contribution in [0.2, 0.25) is 0 Å². The highest BCUT2D eigenvalue weighted by Gasteiger charge is 2.39. The standard InChI is InChI=1S/C38H40N4O10/c1-47-27-15-21(16-28(48-2)33(27)51-5)19-39-11-13-41-35(43)23-7-9-25-32-26(10-8-24(31(23)32)36(41)44)38(46)42(37(25)45)14-12-40-20-22-17-29(49-3)34(52-6)30(18-22)50-4/h7-10,15-18,39-40H,11-14,19-20H2,1-6H3. The molecule has 0 atom stereocenters. The largest absolute Gasteiger partial charge is 0.493 e. The molecule has 0 radical (unpaired) electrons. The summed E-state index contributed by atoms with van der Waals surface area (Å²) >= 11 is 0. The molecule has 0 unspecified atom stereocenters. The van der Waals surface area contributed by atoms with Gasteiger partial charge in [-0.1, -0.05) is 0 Å². The average Bonchev–Trinajstić information content (AvgIpc) is 3.17. The summed E-state index contributed by atoms with van der Waals surface area (Å²) in [6.07, 6.45) is 0. The van der Waals surface area contributed by atoms with Crippen molar-refractivity contribution in [1.82, 2.24) is 20.4 Å². The minimum Gasteiger partial charge on any atom is -0.493 e.